The molecule has 0 atom stereocenters. The molecule has 0 saturated heterocycles. The molecular weight excluding hydrogens is 278 g/mol. The SMILES string of the molecule is CCN(C(=O)CCc1ccc(OC)c(OC)c1)C1CCCC1. The average Bonchev–Trinajstić information content (AvgIpc) is 3.07. The van der Waals surface area contributed by atoms with E-state index in [0.29, 0.717) is 12.5 Å². The van der Waals surface area contributed by atoms with Crippen molar-refractivity contribution in [2.24, 2.45) is 0 Å². The second-order valence-electron chi connectivity index (χ2n) is 5.81. The van der Waals surface area contributed by atoms with E-state index in [4.69, 9.17) is 9.47 Å². The van der Waals surface area contributed by atoms with Crippen LogP contribution in [0.2, 0.25) is 0 Å². The van der Waals surface area contributed by atoms with Crippen molar-refractivity contribution in [1.82, 2.24) is 4.90 Å². The predicted octanol–water partition coefficient (Wildman–Crippen LogP) is 3.43. The maximum atomic E-state index is 12.5. The van der Waals surface area contributed by atoms with Crippen LogP contribution in [0.3, 0.4) is 0 Å². The number of hydrogen-bond donors (Lipinski definition) is 0. The molecule has 0 N–H and O–H groups in total. The van der Waals surface area contributed by atoms with Gasteiger partial charge in [-0.3, -0.25) is 4.79 Å². The molecule has 1 aromatic carbocycles. The zero-order chi connectivity index (χ0) is 15.9. The molecule has 0 bridgehead atoms. The van der Waals surface area contributed by atoms with E-state index in [-0.39, 0.29) is 5.91 Å². The van der Waals surface area contributed by atoms with E-state index in [1.807, 2.05) is 18.2 Å². The van der Waals surface area contributed by atoms with Gasteiger partial charge in [-0.1, -0.05) is 18.9 Å². The molecule has 4 heteroatoms. The normalized spacial score (nSPS) is 14.9. The van der Waals surface area contributed by atoms with E-state index in [9.17, 15) is 4.79 Å². The first kappa shape index (κ1) is 16.7. The Balaban J connectivity index is 1.95. The number of benzene rings is 1. The van der Waals surface area contributed by atoms with E-state index in [1.54, 1.807) is 14.2 Å². The summed E-state index contributed by atoms with van der Waals surface area (Å²) in [7, 11) is 3.26. The second-order valence-corrected chi connectivity index (χ2v) is 5.81. The van der Waals surface area contributed by atoms with Crippen molar-refractivity contribution in [1.29, 1.82) is 0 Å². The smallest absolute Gasteiger partial charge is 0.223 e. The standard InChI is InChI=1S/C18H27NO3/c1-4-19(15-7-5-6-8-15)18(20)12-10-14-9-11-16(21-2)17(13-14)22-3/h9,11,13,15H,4-8,10,12H2,1-3H3. The van der Waals surface area contributed by atoms with Crippen LogP contribution < -0.4 is 9.47 Å². The number of nitrogens with zero attached hydrogens (tertiary/aromatic N) is 1. The molecule has 22 heavy (non-hydrogen) atoms. The van der Waals surface area contributed by atoms with Crippen molar-refractivity contribution in [3.05, 3.63) is 23.8 Å². The Bertz CT molecular complexity index is 495. The van der Waals surface area contributed by atoms with Gasteiger partial charge < -0.3 is 14.4 Å². The fraction of sp³-hybridized carbons (Fsp3) is 0.611. The minimum absolute atomic E-state index is 0.268. The van der Waals surface area contributed by atoms with Gasteiger partial charge in [0.15, 0.2) is 11.5 Å². The molecule has 0 radical (unpaired) electrons. The highest BCUT2D eigenvalue weighted by Crippen LogP contribution is 2.28. The van der Waals surface area contributed by atoms with Crippen molar-refractivity contribution in [2.75, 3.05) is 20.8 Å². The Morgan fingerprint density at radius 1 is 1.18 bits per heavy atom. The van der Waals surface area contributed by atoms with E-state index >= 15 is 0 Å². The summed E-state index contributed by atoms with van der Waals surface area (Å²) in [5, 5.41) is 0. The number of amides is 1. The lowest BCUT2D eigenvalue weighted by Crippen LogP contribution is -2.38. The fourth-order valence-electron chi connectivity index (χ4n) is 3.29. The minimum atomic E-state index is 0.268. The minimum Gasteiger partial charge on any atom is -0.493 e. The number of hydrogen-bond acceptors (Lipinski definition) is 3. The van der Waals surface area contributed by atoms with Crippen molar-refractivity contribution in [3.63, 3.8) is 0 Å². The molecule has 1 amide bonds. The largest absolute Gasteiger partial charge is 0.493 e. The molecule has 0 spiro atoms. The highest BCUT2D eigenvalue weighted by molar-refractivity contribution is 5.76. The van der Waals surface area contributed by atoms with Crippen molar-refractivity contribution in [3.8, 4) is 11.5 Å². The predicted molar refractivity (Wildman–Crippen MR) is 87.5 cm³/mol. The maximum Gasteiger partial charge on any atom is 0.223 e. The zero-order valence-corrected chi connectivity index (χ0v) is 13.9. The average molecular weight is 305 g/mol. The number of ether oxygens (including phenoxy) is 2. The van der Waals surface area contributed by atoms with Gasteiger partial charge in [-0.05, 0) is 43.9 Å². The monoisotopic (exact) mass is 305 g/mol. The molecule has 1 fully saturated rings. The molecule has 0 aromatic heterocycles. The Morgan fingerprint density at radius 2 is 1.86 bits per heavy atom. The fourth-order valence-corrected chi connectivity index (χ4v) is 3.29. The lowest BCUT2D eigenvalue weighted by Gasteiger charge is -2.27. The van der Waals surface area contributed by atoms with Gasteiger partial charge in [0.2, 0.25) is 5.91 Å². The van der Waals surface area contributed by atoms with Crippen LogP contribution in [-0.4, -0.2) is 37.6 Å². The van der Waals surface area contributed by atoms with Crippen LogP contribution in [0.1, 0.15) is 44.6 Å². The van der Waals surface area contributed by atoms with Gasteiger partial charge in [0.25, 0.3) is 0 Å². The topological polar surface area (TPSA) is 38.8 Å². The van der Waals surface area contributed by atoms with Gasteiger partial charge in [-0.15, -0.1) is 0 Å². The highest BCUT2D eigenvalue weighted by Gasteiger charge is 2.24. The summed E-state index contributed by atoms with van der Waals surface area (Å²) < 4.78 is 10.6. The quantitative estimate of drug-likeness (QED) is 0.774. The molecule has 122 valence electrons. The summed E-state index contributed by atoms with van der Waals surface area (Å²) in [5.74, 6) is 1.71. The van der Waals surface area contributed by atoms with Crippen LogP contribution in [0.5, 0.6) is 11.5 Å². The van der Waals surface area contributed by atoms with Crippen LogP contribution >= 0.6 is 0 Å². The van der Waals surface area contributed by atoms with Crippen LogP contribution in [0.25, 0.3) is 0 Å². The van der Waals surface area contributed by atoms with Crippen LogP contribution in [0, 0.1) is 0 Å². The summed E-state index contributed by atoms with van der Waals surface area (Å²) in [6.45, 7) is 2.89. The third kappa shape index (κ3) is 3.93. The van der Waals surface area contributed by atoms with E-state index < -0.39 is 0 Å². The van der Waals surface area contributed by atoms with Gasteiger partial charge in [-0.25, -0.2) is 0 Å². The van der Waals surface area contributed by atoms with Gasteiger partial charge in [0, 0.05) is 19.0 Å². The lowest BCUT2D eigenvalue weighted by atomic mass is 10.1. The maximum absolute atomic E-state index is 12.5. The first-order valence-corrected chi connectivity index (χ1v) is 8.20. The van der Waals surface area contributed by atoms with E-state index in [2.05, 4.69) is 11.8 Å². The van der Waals surface area contributed by atoms with E-state index in [0.717, 1.165) is 42.9 Å². The van der Waals surface area contributed by atoms with Crippen LogP contribution in [-0.2, 0) is 11.2 Å². The van der Waals surface area contributed by atoms with Crippen LogP contribution in [0.4, 0.5) is 0 Å². The summed E-state index contributed by atoms with van der Waals surface area (Å²) in [6, 6.07) is 6.31. The second kappa shape index (κ2) is 8.06. The molecular formula is C18H27NO3. The first-order valence-electron chi connectivity index (χ1n) is 8.20. The van der Waals surface area contributed by atoms with Crippen LogP contribution in [0.15, 0.2) is 18.2 Å². The number of aryl methyl sites for hydroxylation is 1. The van der Waals surface area contributed by atoms with Gasteiger partial charge in [0.05, 0.1) is 14.2 Å². The zero-order valence-electron chi connectivity index (χ0n) is 13.9. The first-order chi connectivity index (χ1) is 10.7. The lowest BCUT2D eigenvalue weighted by molar-refractivity contribution is -0.133. The summed E-state index contributed by atoms with van der Waals surface area (Å²) >= 11 is 0. The molecule has 0 heterocycles. The molecule has 1 aliphatic rings. The van der Waals surface area contributed by atoms with Gasteiger partial charge in [0.1, 0.15) is 0 Å². The molecule has 4 nitrogen and oxygen atoms in total. The third-order valence-corrected chi connectivity index (χ3v) is 4.50. The van der Waals surface area contributed by atoms with Crippen molar-refractivity contribution >= 4 is 5.91 Å². The summed E-state index contributed by atoms with van der Waals surface area (Å²) in [6.07, 6.45) is 6.13. The highest BCUT2D eigenvalue weighted by atomic mass is 16.5. The molecule has 2 rings (SSSR count). The third-order valence-electron chi connectivity index (χ3n) is 4.50. The number of methoxy groups -OCH3 is 2. The Labute approximate surface area is 133 Å². The molecule has 0 aliphatic heterocycles. The van der Waals surface area contributed by atoms with Gasteiger partial charge in [-0.2, -0.15) is 0 Å². The summed E-state index contributed by atoms with van der Waals surface area (Å²) in [5.41, 5.74) is 1.11. The van der Waals surface area contributed by atoms with Crippen molar-refractivity contribution in [2.45, 2.75) is 51.5 Å². The molecule has 1 aromatic rings. The molecule has 1 saturated carbocycles. The number of carbonyl (C=O) groups excluding carboxylic acids is 1. The van der Waals surface area contributed by atoms with E-state index in [1.165, 1.54) is 12.8 Å². The molecule has 1 aliphatic carbocycles. The number of rotatable bonds is 7. The molecule has 0 unspecified atom stereocenters. The summed E-state index contributed by atoms with van der Waals surface area (Å²) in [4.78, 5) is 14.5. The van der Waals surface area contributed by atoms with Crippen molar-refractivity contribution < 1.29 is 14.3 Å². The Kier molecular flexibility index (Phi) is 6.10. The Morgan fingerprint density at radius 3 is 2.45 bits per heavy atom. The Hall–Kier alpha value is -1.71. The van der Waals surface area contributed by atoms with Gasteiger partial charge >= 0.3 is 0 Å². The number of carbonyl (C=O) groups is 1.